The second-order valence-electron chi connectivity index (χ2n) is 9.19. The van der Waals surface area contributed by atoms with E-state index in [0.717, 1.165) is 40.8 Å². The number of anilines is 1. The summed E-state index contributed by atoms with van der Waals surface area (Å²) in [5.41, 5.74) is 3.97. The quantitative estimate of drug-likeness (QED) is 0.361. The molecule has 0 atom stereocenters. The van der Waals surface area contributed by atoms with E-state index in [-0.39, 0.29) is 4.21 Å². The molecule has 0 spiro atoms. The van der Waals surface area contributed by atoms with Crippen LogP contribution in [0.2, 0.25) is 0 Å². The van der Waals surface area contributed by atoms with Crippen LogP contribution in [0.25, 0.3) is 16.6 Å². The number of hydrogen-bond acceptors (Lipinski definition) is 7. The Hall–Kier alpha value is -3.72. The molecule has 3 heterocycles. The van der Waals surface area contributed by atoms with Gasteiger partial charge in [-0.3, -0.25) is 0 Å². The molecular weight excluding hydrogens is 498 g/mol. The van der Waals surface area contributed by atoms with Crippen LogP contribution < -0.4 is 10.0 Å². The third kappa shape index (κ3) is 4.35. The fourth-order valence-corrected chi connectivity index (χ4v) is 6.68. The smallest absolute Gasteiger partial charge is 0.333 e. The summed E-state index contributed by atoms with van der Waals surface area (Å²) < 4.78 is 29.6. The van der Waals surface area contributed by atoms with Crippen molar-refractivity contribution >= 4 is 38.6 Å². The number of carbonyl (C=O) groups excluding carboxylic acids is 1. The van der Waals surface area contributed by atoms with E-state index in [1.54, 1.807) is 31.8 Å². The van der Waals surface area contributed by atoms with E-state index >= 15 is 0 Å². The molecule has 0 unspecified atom stereocenters. The van der Waals surface area contributed by atoms with Crippen molar-refractivity contribution in [2.45, 2.75) is 42.9 Å². The Bertz CT molecular complexity index is 1660. The Morgan fingerprint density at radius 1 is 1.28 bits per heavy atom. The Labute approximate surface area is 212 Å². The second kappa shape index (κ2) is 8.74. The zero-order valence-electron chi connectivity index (χ0n) is 19.6. The van der Waals surface area contributed by atoms with Crippen LogP contribution >= 0.6 is 11.3 Å². The molecule has 0 radical (unpaired) electrons. The van der Waals surface area contributed by atoms with Crippen LogP contribution in [0.15, 0.2) is 52.6 Å². The van der Waals surface area contributed by atoms with E-state index in [2.05, 4.69) is 21.1 Å². The van der Waals surface area contributed by atoms with Gasteiger partial charge in [-0.2, -0.15) is 5.26 Å². The highest BCUT2D eigenvalue weighted by atomic mass is 32.2. The number of nitriles is 1. The monoisotopic (exact) mass is 521 g/mol. The lowest BCUT2D eigenvalue weighted by molar-refractivity contribution is 0.0789. The molecule has 3 N–H and O–H groups in total. The average molecular weight is 522 g/mol. The number of urea groups is 1. The first-order valence-corrected chi connectivity index (χ1v) is 13.6. The number of pyridine rings is 1. The van der Waals surface area contributed by atoms with E-state index in [1.165, 1.54) is 6.07 Å². The molecule has 1 aliphatic rings. The van der Waals surface area contributed by atoms with Gasteiger partial charge in [-0.1, -0.05) is 0 Å². The number of nitrogens with one attached hydrogen (secondary N) is 2. The highest BCUT2D eigenvalue weighted by Gasteiger charge is 2.27. The molecule has 0 saturated carbocycles. The first-order valence-electron chi connectivity index (χ1n) is 11.2. The number of sulfonamides is 1. The molecule has 36 heavy (non-hydrogen) atoms. The topological polar surface area (TPSA) is 137 Å². The molecule has 0 aliphatic heterocycles. The van der Waals surface area contributed by atoms with Crippen molar-refractivity contribution in [1.29, 1.82) is 5.26 Å². The van der Waals surface area contributed by atoms with Gasteiger partial charge in [0.1, 0.15) is 4.21 Å². The first kappa shape index (κ1) is 24.0. The summed E-state index contributed by atoms with van der Waals surface area (Å²) in [7, 11) is -4.18. The number of aromatic nitrogens is 2. The average Bonchev–Trinajstić information content (AvgIpc) is 3.57. The fourth-order valence-electron chi connectivity index (χ4n) is 4.43. The highest BCUT2D eigenvalue weighted by Crippen LogP contribution is 2.40. The molecule has 0 fully saturated rings. The van der Waals surface area contributed by atoms with Crippen LogP contribution in [0.1, 0.15) is 42.5 Å². The van der Waals surface area contributed by atoms with E-state index in [4.69, 9.17) is 0 Å². The van der Waals surface area contributed by atoms with Crippen LogP contribution in [0, 0.1) is 11.3 Å². The van der Waals surface area contributed by atoms with Crippen LogP contribution in [-0.4, -0.2) is 28.9 Å². The van der Waals surface area contributed by atoms with Gasteiger partial charge >= 0.3 is 6.03 Å². The molecular formula is C25H23N5O4S2. The lowest BCUT2D eigenvalue weighted by atomic mass is 9.93. The maximum absolute atomic E-state index is 13.0. The summed E-state index contributed by atoms with van der Waals surface area (Å²) in [5, 5.41) is 24.4. The number of benzene rings is 1. The summed E-state index contributed by atoms with van der Waals surface area (Å²) >= 11 is 0.918. The highest BCUT2D eigenvalue weighted by molar-refractivity contribution is 7.92. The van der Waals surface area contributed by atoms with Crippen LogP contribution in [0.5, 0.6) is 0 Å². The number of carbonyl (C=O) groups is 1. The number of nitrogens with zero attached hydrogens (tertiary/aromatic N) is 3. The Balaban J connectivity index is 1.53. The fraction of sp³-hybridized carbons (Fsp3) is 0.240. The number of thiophene rings is 1. The minimum Gasteiger partial charge on any atom is -0.386 e. The second-order valence-corrected chi connectivity index (χ2v) is 12.0. The normalized spacial score (nSPS) is 13.4. The van der Waals surface area contributed by atoms with Crippen molar-refractivity contribution in [3.05, 3.63) is 70.6 Å². The van der Waals surface area contributed by atoms with Gasteiger partial charge in [-0.15, -0.1) is 11.3 Å². The molecule has 2 amide bonds. The zero-order chi connectivity index (χ0) is 25.7. The largest absolute Gasteiger partial charge is 0.386 e. The molecule has 9 nitrogen and oxygen atoms in total. The van der Waals surface area contributed by atoms with Gasteiger partial charge in [0, 0.05) is 11.8 Å². The van der Waals surface area contributed by atoms with E-state index < -0.39 is 21.7 Å². The van der Waals surface area contributed by atoms with Crippen LogP contribution in [0.3, 0.4) is 0 Å². The minimum absolute atomic E-state index is 0.0859. The van der Waals surface area contributed by atoms with Gasteiger partial charge < -0.3 is 14.8 Å². The molecule has 1 aromatic carbocycles. The molecule has 3 aromatic heterocycles. The summed E-state index contributed by atoms with van der Waals surface area (Å²) in [5.74, 6) is 0. The molecule has 0 saturated heterocycles. The van der Waals surface area contributed by atoms with Gasteiger partial charge in [-0.05, 0) is 85.0 Å². The van der Waals surface area contributed by atoms with Crippen LogP contribution in [0.4, 0.5) is 10.5 Å². The van der Waals surface area contributed by atoms with E-state index in [1.807, 2.05) is 28.8 Å². The standard InChI is InChI=1S/C25H23N5O4S2/c1-25(2,32)18-10-21(35-13-18)36(33,34)29-24(31)28-23-20-5-3-4-15(20)8-17(11-26)22(23)16-6-7-30-14-27-12-19(30)9-16/h6-10,12-14,32H,3-5H2,1-2H3,(H2,28,29,31). The molecule has 11 heteroatoms. The lowest BCUT2D eigenvalue weighted by Gasteiger charge is -2.18. The maximum Gasteiger partial charge on any atom is 0.333 e. The van der Waals surface area contributed by atoms with Gasteiger partial charge in [0.15, 0.2) is 0 Å². The number of fused-ring (bicyclic) bond motifs is 2. The summed E-state index contributed by atoms with van der Waals surface area (Å²) in [4.78, 5) is 17.1. The molecule has 5 rings (SSSR count). The number of hydrogen-bond donors (Lipinski definition) is 3. The molecule has 4 aromatic rings. The third-order valence-electron chi connectivity index (χ3n) is 6.24. The molecule has 0 bridgehead atoms. The zero-order valence-corrected chi connectivity index (χ0v) is 21.2. The van der Waals surface area contributed by atoms with Crippen molar-refractivity contribution in [3.8, 4) is 17.2 Å². The number of imidazole rings is 1. The van der Waals surface area contributed by atoms with Crippen molar-refractivity contribution in [2.24, 2.45) is 0 Å². The lowest BCUT2D eigenvalue weighted by Crippen LogP contribution is -2.34. The Morgan fingerprint density at radius 2 is 2.08 bits per heavy atom. The molecule has 184 valence electrons. The SMILES string of the molecule is CC(C)(O)c1csc(S(=O)(=O)NC(=O)Nc2c3c(cc(C#N)c2-c2ccn4cncc4c2)CCC3)c1. The predicted molar refractivity (Wildman–Crippen MR) is 136 cm³/mol. The van der Waals surface area contributed by atoms with Crippen molar-refractivity contribution in [3.63, 3.8) is 0 Å². The number of aliphatic hydroxyl groups is 1. The molecule has 1 aliphatic carbocycles. The van der Waals surface area contributed by atoms with Crippen molar-refractivity contribution in [2.75, 3.05) is 5.32 Å². The van der Waals surface area contributed by atoms with Crippen LogP contribution in [-0.2, 0) is 28.5 Å². The maximum atomic E-state index is 13.0. The predicted octanol–water partition coefficient (Wildman–Crippen LogP) is 4.16. The van der Waals surface area contributed by atoms with Crippen molar-refractivity contribution in [1.82, 2.24) is 14.1 Å². The Morgan fingerprint density at radius 3 is 2.81 bits per heavy atom. The summed E-state index contributed by atoms with van der Waals surface area (Å²) in [6.45, 7) is 3.11. The van der Waals surface area contributed by atoms with Gasteiger partial charge in [0.05, 0.1) is 41.0 Å². The summed E-state index contributed by atoms with van der Waals surface area (Å²) in [6, 6.07) is 8.20. The first-order chi connectivity index (χ1) is 17.1. The Kier molecular flexibility index (Phi) is 5.83. The summed E-state index contributed by atoms with van der Waals surface area (Å²) in [6.07, 6.45) is 7.52. The van der Waals surface area contributed by atoms with Gasteiger partial charge in [0.2, 0.25) is 0 Å². The number of rotatable bonds is 5. The van der Waals surface area contributed by atoms with Crippen molar-refractivity contribution < 1.29 is 18.3 Å². The van der Waals surface area contributed by atoms with Gasteiger partial charge in [-0.25, -0.2) is 22.9 Å². The number of aryl methyl sites for hydroxylation is 1. The van der Waals surface area contributed by atoms with Gasteiger partial charge in [0.25, 0.3) is 10.0 Å². The number of amides is 2. The van der Waals surface area contributed by atoms with E-state index in [9.17, 15) is 23.6 Å². The van der Waals surface area contributed by atoms with E-state index in [0.29, 0.717) is 34.4 Å². The third-order valence-corrected chi connectivity index (χ3v) is 9.01. The minimum atomic E-state index is -4.18.